The van der Waals surface area contributed by atoms with Crippen LogP contribution in [0.3, 0.4) is 0 Å². The summed E-state index contributed by atoms with van der Waals surface area (Å²) in [6, 6.07) is 20.1. The summed E-state index contributed by atoms with van der Waals surface area (Å²) in [7, 11) is 0. The van der Waals surface area contributed by atoms with Crippen LogP contribution >= 0.6 is 0 Å². The topological polar surface area (TPSA) is 57.6 Å². The Hall–Kier alpha value is -2.62. The number of amides is 1. The van der Waals surface area contributed by atoms with Crippen molar-refractivity contribution in [2.24, 2.45) is 11.8 Å². The summed E-state index contributed by atoms with van der Waals surface area (Å²) in [6.07, 6.45) is 2.75. The number of carboxylic acid groups (broad SMARTS) is 1. The predicted molar refractivity (Wildman–Crippen MR) is 101 cm³/mol. The fourth-order valence-corrected chi connectivity index (χ4v) is 3.68. The van der Waals surface area contributed by atoms with Crippen LogP contribution in [0.15, 0.2) is 60.7 Å². The van der Waals surface area contributed by atoms with Gasteiger partial charge in [-0.1, -0.05) is 60.7 Å². The standard InChI is InChI=1S/C22H25NO3/c24-21(23-13-7-12-19(16-23)22(25)26)20(14-17-8-3-1-4-9-17)15-18-10-5-2-6-11-18/h1-6,8-11,19-20H,7,12-16H2,(H,25,26). The first-order valence-corrected chi connectivity index (χ1v) is 9.23. The Kier molecular flexibility index (Phi) is 6.05. The molecule has 1 aliphatic heterocycles. The van der Waals surface area contributed by atoms with E-state index in [1.54, 1.807) is 4.90 Å². The number of rotatable bonds is 6. The molecule has 0 spiro atoms. The summed E-state index contributed by atoms with van der Waals surface area (Å²) in [6.45, 7) is 0.983. The number of nitrogens with zero attached hydrogens (tertiary/aromatic N) is 1. The summed E-state index contributed by atoms with van der Waals surface area (Å²) >= 11 is 0. The molecule has 1 heterocycles. The number of aliphatic carboxylic acids is 1. The molecular weight excluding hydrogens is 326 g/mol. The molecule has 1 amide bonds. The smallest absolute Gasteiger partial charge is 0.308 e. The zero-order chi connectivity index (χ0) is 18.4. The second kappa shape index (κ2) is 8.65. The predicted octanol–water partition coefficient (Wildman–Crippen LogP) is 3.41. The van der Waals surface area contributed by atoms with Crippen molar-refractivity contribution in [3.8, 4) is 0 Å². The second-order valence-corrected chi connectivity index (χ2v) is 7.04. The fraction of sp³-hybridized carbons (Fsp3) is 0.364. The summed E-state index contributed by atoms with van der Waals surface area (Å²) < 4.78 is 0. The molecule has 1 saturated heterocycles. The van der Waals surface area contributed by atoms with Crippen LogP contribution in [0.4, 0.5) is 0 Å². The molecule has 4 heteroatoms. The minimum atomic E-state index is -0.801. The third-order valence-electron chi connectivity index (χ3n) is 5.08. The largest absolute Gasteiger partial charge is 0.481 e. The average molecular weight is 351 g/mol. The van der Waals surface area contributed by atoms with Crippen molar-refractivity contribution in [1.29, 1.82) is 0 Å². The Balaban J connectivity index is 1.77. The number of likely N-dealkylation sites (tertiary alicyclic amines) is 1. The maximum absolute atomic E-state index is 13.2. The molecule has 1 unspecified atom stereocenters. The van der Waals surface area contributed by atoms with E-state index in [0.29, 0.717) is 32.4 Å². The quantitative estimate of drug-likeness (QED) is 0.868. The Labute approximate surface area is 154 Å². The molecule has 0 aromatic heterocycles. The van der Waals surface area contributed by atoms with Gasteiger partial charge in [0.1, 0.15) is 0 Å². The van der Waals surface area contributed by atoms with Gasteiger partial charge in [-0.05, 0) is 36.8 Å². The van der Waals surface area contributed by atoms with E-state index in [1.165, 1.54) is 0 Å². The SMILES string of the molecule is O=C(O)C1CCCN(C(=O)C(Cc2ccccc2)Cc2ccccc2)C1. The van der Waals surface area contributed by atoms with Crippen molar-refractivity contribution < 1.29 is 14.7 Å². The molecule has 0 radical (unpaired) electrons. The average Bonchev–Trinajstić information content (AvgIpc) is 2.68. The molecule has 26 heavy (non-hydrogen) atoms. The van der Waals surface area contributed by atoms with E-state index in [4.69, 9.17) is 0 Å². The summed E-state index contributed by atoms with van der Waals surface area (Å²) in [4.78, 5) is 26.3. The summed E-state index contributed by atoms with van der Waals surface area (Å²) in [5, 5.41) is 9.31. The highest BCUT2D eigenvalue weighted by molar-refractivity contribution is 5.80. The van der Waals surface area contributed by atoms with Crippen molar-refractivity contribution >= 4 is 11.9 Å². The Morgan fingerprint density at radius 2 is 1.50 bits per heavy atom. The molecule has 136 valence electrons. The first-order valence-electron chi connectivity index (χ1n) is 9.23. The highest BCUT2D eigenvalue weighted by Crippen LogP contribution is 2.22. The van der Waals surface area contributed by atoms with Gasteiger partial charge >= 0.3 is 5.97 Å². The van der Waals surface area contributed by atoms with Crippen molar-refractivity contribution in [3.05, 3.63) is 71.8 Å². The Morgan fingerprint density at radius 3 is 2.00 bits per heavy atom. The van der Waals surface area contributed by atoms with E-state index in [-0.39, 0.29) is 11.8 Å². The highest BCUT2D eigenvalue weighted by atomic mass is 16.4. The normalized spacial score (nSPS) is 17.3. The van der Waals surface area contributed by atoms with Gasteiger partial charge < -0.3 is 10.0 Å². The lowest BCUT2D eigenvalue weighted by Gasteiger charge is -2.33. The van der Waals surface area contributed by atoms with Crippen LogP contribution in [0.1, 0.15) is 24.0 Å². The van der Waals surface area contributed by atoms with E-state index in [2.05, 4.69) is 0 Å². The second-order valence-electron chi connectivity index (χ2n) is 7.04. The van der Waals surface area contributed by atoms with Gasteiger partial charge in [-0.3, -0.25) is 9.59 Å². The van der Waals surface area contributed by atoms with Gasteiger partial charge in [0.25, 0.3) is 0 Å². The molecule has 2 aromatic rings. The third-order valence-corrected chi connectivity index (χ3v) is 5.08. The summed E-state index contributed by atoms with van der Waals surface area (Å²) in [5.74, 6) is -1.34. The molecule has 1 N–H and O–H groups in total. The van der Waals surface area contributed by atoms with Crippen molar-refractivity contribution in [3.63, 3.8) is 0 Å². The molecule has 0 aliphatic carbocycles. The molecule has 0 saturated carbocycles. The van der Waals surface area contributed by atoms with E-state index in [9.17, 15) is 14.7 Å². The number of carbonyl (C=O) groups excluding carboxylic acids is 1. The fourth-order valence-electron chi connectivity index (χ4n) is 3.68. The van der Waals surface area contributed by atoms with Crippen LogP contribution in [-0.2, 0) is 22.4 Å². The van der Waals surface area contributed by atoms with Crippen LogP contribution in [0.5, 0.6) is 0 Å². The number of carbonyl (C=O) groups is 2. The minimum absolute atomic E-state index is 0.0728. The van der Waals surface area contributed by atoms with Gasteiger partial charge in [0.2, 0.25) is 5.91 Å². The first-order chi connectivity index (χ1) is 12.6. The lowest BCUT2D eigenvalue weighted by Crippen LogP contribution is -2.45. The van der Waals surface area contributed by atoms with Crippen molar-refractivity contribution in [2.45, 2.75) is 25.7 Å². The van der Waals surface area contributed by atoms with Crippen LogP contribution in [0.25, 0.3) is 0 Å². The van der Waals surface area contributed by atoms with Gasteiger partial charge in [-0.25, -0.2) is 0 Å². The highest BCUT2D eigenvalue weighted by Gasteiger charge is 2.31. The molecule has 1 atom stereocenters. The van der Waals surface area contributed by atoms with Gasteiger partial charge in [0, 0.05) is 19.0 Å². The molecular formula is C22H25NO3. The van der Waals surface area contributed by atoms with Gasteiger partial charge in [-0.15, -0.1) is 0 Å². The van der Waals surface area contributed by atoms with Crippen LogP contribution in [0, 0.1) is 11.8 Å². The third kappa shape index (κ3) is 4.72. The minimum Gasteiger partial charge on any atom is -0.481 e. The molecule has 1 fully saturated rings. The number of hydrogen-bond donors (Lipinski definition) is 1. The van der Waals surface area contributed by atoms with Crippen molar-refractivity contribution in [2.75, 3.05) is 13.1 Å². The van der Waals surface area contributed by atoms with Crippen LogP contribution < -0.4 is 0 Å². The number of benzene rings is 2. The zero-order valence-electron chi connectivity index (χ0n) is 14.9. The van der Waals surface area contributed by atoms with Crippen molar-refractivity contribution in [1.82, 2.24) is 4.90 Å². The molecule has 0 bridgehead atoms. The van der Waals surface area contributed by atoms with Gasteiger partial charge in [0.15, 0.2) is 0 Å². The van der Waals surface area contributed by atoms with Crippen LogP contribution in [-0.4, -0.2) is 35.0 Å². The van der Waals surface area contributed by atoms with Gasteiger partial charge in [0.05, 0.1) is 5.92 Å². The molecule has 1 aliphatic rings. The lowest BCUT2D eigenvalue weighted by atomic mass is 9.89. The number of piperidine rings is 1. The van der Waals surface area contributed by atoms with Gasteiger partial charge in [-0.2, -0.15) is 0 Å². The first kappa shape index (κ1) is 18.2. The molecule has 2 aromatic carbocycles. The zero-order valence-corrected chi connectivity index (χ0v) is 14.9. The lowest BCUT2D eigenvalue weighted by molar-refractivity contribution is -0.146. The van der Waals surface area contributed by atoms with E-state index in [0.717, 1.165) is 17.5 Å². The van der Waals surface area contributed by atoms with E-state index >= 15 is 0 Å². The van der Waals surface area contributed by atoms with E-state index in [1.807, 2.05) is 60.7 Å². The summed E-state index contributed by atoms with van der Waals surface area (Å²) in [5.41, 5.74) is 2.27. The maximum atomic E-state index is 13.2. The Bertz CT molecular complexity index is 688. The number of hydrogen-bond acceptors (Lipinski definition) is 2. The van der Waals surface area contributed by atoms with E-state index < -0.39 is 11.9 Å². The maximum Gasteiger partial charge on any atom is 0.308 e. The molecule has 4 nitrogen and oxygen atoms in total. The number of carboxylic acids is 1. The molecule has 3 rings (SSSR count). The van der Waals surface area contributed by atoms with Crippen LogP contribution in [0.2, 0.25) is 0 Å². The Morgan fingerprint density at radius 1 is 0.962 bits per heavy atom. The monoisotopic (exact) mass is 351 g/mol.